The van der Waals surface area contributed by atoms with E-state index in [-0.39, 0.29) is 5.91 Å². The van der Waals surface area contributed by atoms with E-state index in [1.54, 1.807) is 6.92 Å². The van der Waals surface area contributed by atoms with E-state index >= 15 is 0 Å². The van der Waals surface area contributed by atoms with Gasteiger partial charge in [0.1, 0.15) is 0 Å². The highest BCUT2D eigenvalue weighted by Crippen LogP contribution is 1.97. The molecule has 0 saturated carbocycles. The van der Waals surface area contributed by atoms with Crippen LogP contribution in [0, 0.1) is 0 Å². The molecule has 3 nitrogen and oxygen atoms in total. The van der Waals surface area contributed by atoms with Crippen molar-refractivity contribution in [2.45, 2.75) is 20.3 Å². The van der Waals surface area contributed by atoms with Gasteiger partial charge in [-0.15, -0.1) is 0 Å². The van der Waals surface area contributed by atoms with Gasteiger partial charge in [0.05, 0.1) is 27.2 Å². The lowest BCUT2D eigenvalue weighted by Gasteiger charge is -2.28. The molecule has 0 radical (unpaired) electrons. The van der Waals surface area contributed by atoms with Crippen molar-refractivity contribution >= 4 is 5.91 Å². The summed E-state index contributed by atoms with van der Waals surface area (Å²) in [4.78, 5) is 11.1. The molecule has 0 aliphatic heterocycles. The Bertz CT molecular complexity index is 209. The van der Waals surface area contributed by atoms with Gasteiger partial charge in [-0.3, -0.25) is 4.79 Å². The van der Waals surface area contributed by atoms with Crippen LogP contribution in [0.25, 0.3) is 0 Å². The van der Waals surface area contributed by atoms with Crippen LogP contribution >= 0.6 is 0 Å². The Morgan fingerprint density at radius 3 is 2.43 bits per heavy atom. The zero-order valence-electron chi connectivity index (χ0n) is 9.89. The van der Waals surface area contributed by atoms with Crippen LogP contribution in [0.2, 0.25) is 0 Å². The van der Waals surface area contributed by atoms with Crippen molar-refractivity contribution in [3.63, 3.8) is 0 Å². The highest BCUT2D eigenvalue weighted by Gasteiger charge is 2.10. The fourth-order valence-electron chi connectivity index (χ4n) is 1.02. The molecule has 14 heavy (non-hydrogen) atoms. The van der Waals surface area contributed by atoms with Crippen molar-refractivity contribution in [3.8, 4) is 0 Å². The van der Waals surface area contributed by atoms with E-state index in [1.807, 2.05) is 0 Å². The van der Waals surface area contributed by atoms with E-state index in [1.165, 1.54) is 0 Å². The van der Waals surface area contributed by atoms with Crippen LogP contribution in [0.3, 0.4) is 0 Å². The van der Waals surface area contributed by atoms with Crippen molar-refractivity contribution < 1.29 is 9.28 Å². The van der Waals surface area contributed by atoms with Crippen molar-refractivity contribution in [1.29, 1.82) is 0 Å². The summed E-state index contributed by atoms with van der Waals surface area (Å²) in [5, 5.41) is 2.83. The molecule has 3 heteroatoms. The molecule has 82 valence electrons. The number of amides is 1. The Hall–Kier alpha value is -0.830. The zero-order valence-corrected chi connectivity index (χ0v) is 9.89. The Balaban J connectivity index is 3.57. The van der Waals surface area contributed by atoms with E-state index in [0.717, 1.165) is 30.5 Å². The number of quaternary nitrogens is 1. The number of carbonyl (C=O) groups is 1. The molecule has 0 unspecified atom stereocenters. The van der Waals surface area contributed by atoms with Crippen molar-refractivity contribution in [2.24, 2.45) is 0 Å². The summed E-state index contributed by atoms with van der Waals surface area (Å²) in [7, 11) is 4.39. The summed E-state index contributed by atoms with van der Waals surface area (Å²) in [6.07, 6.45) is 1.01. The van der Waals surface area contributed by atoms with Crippen LogP contribution in [0.4, 0.5) is 0 Å². The highest BCUT2D eigenvalue weighted by atomic mass is 16.1. The minimum absolute atomic E-state index is 0.0354. The number of nitrogens with zero attached hydrogens (tertiary/aromatic N) is 1. The lowest BCUT2D eigenvalue weighted by Crippen LogP contribution is -2.41. The van der Waals surface area contributed by atoms with Crippen molar-refractivity contribution in [1.82, 2.24) is 5.32 Å². The first-order valence-corrected chi connectivity index (χ1v) is 5.15. The SMILES string of the molecule is C=C(C)C(=O)NCCC[N+](C)(C)CC. The van der Waals surface area contributed by atoms with Crippen LogP contribution in [-0.4, -0.2) is 44.1 Å². The Morgan fingerprint density at radius 2 is 2.00 bits per heavy atom. The highest BCUT2D eigenvalue weighted by molar-refractivity contribution is 5.91. The summed E-state index contributed by atoms with van der Waals surface area (Å²) < 4.78 is 1.00. The van der Waals surface area contributed by atoms with Crippen LogP contribution in [0.1, 0.15) is 20.3 Å². The molecule has 0 heterocycles. The number of rotatable bonds is 6. The molecule has 0 spiro atoms. The molecule has 0 aromatic rings. The normalized spacial score (nSPS) is 11.1. The summed E-state index contributed by atoms with van der Waals surface area (Å²) in [5.41, 5.74) is 0.578. The van der Waals surface area contributed by atoms with Crippen LogP contribution in [-0.2, 0) is 4.79 Å². The minimum Gasteiger partial charge on any atom is -0.352 e. The lowest BCUT2D eigenvalue weighted by molar-refractivity contribution is -0.888. The first-order chi connectivity index (χ1) is 6.39. The van der Waals surface area contributed by atoms with E-state index in [9.17, 15) is 4.79 Å². The van der Waals surface area contributed by atoms with Gasteiger partial charge in [0.15, 0.2) is 0 Å². The van der Waals surface area contributed by atoms with Crippen LogP contribution in [0.5, 0.6) is 0 Å². The molecule has 0 saturated heterocycles. The third-order valence-corrected chi connectivity index (χ3v) is 2.47. The predicted octanol–water partition coefficient (Wildman–Crippen LogP) is 1.17. The quantitative estimate of drug-likeness (QED) is 0.388. The molecule has 0 aromatic carbocycles. The number of hydrogen-bond donors (Lipinski definition) is 1. The Kier molecular flexibility index (Phi) is 5.46. The average Bonchev–Trinajstić information content (AvgIpc) is 2.12. The molecule has 0 atom stereocenters. The largest absolute Gasteiger partial charge is 0.352 e. The molecule has 0 aliphatic carbocycles. The van der Waals surface area contributed by atoms with Gasteiger partial charge in [-0.2, -0.15) is 0 Å². The first kappa shape index (κ1) is 13.2. The number of hydrogen-bond acceptors (Lipinski definition) is 1. The predicted molar refractivity (Wildman–Crippen MR) is 60.0 cm³/mol. The zero-order chi connectivity index (χ0) is 11.2. The van der Waals surface area contributed by atoms with E-state index in [4.69, 9.17) is 0 Å². The van der Waals surface area contributed by atoms with Gasteiger partial charge in [-0.25, -0.2) is 0 Å². The smallest absolute Gasteiger partial charge is 0.246 e. The first-order valence-electron chi connectivity index (χ1n) is 5.15. The Morgan fingerprint density at radius 1 is 1.43 bits per heavy atom. The second kappa shape index (κ2) is 5.81. The molecule has 1 N–H and O–H groups in total. The van der Waals surface area contributed by atoms with Gasteiger partial charge in [0, 0.05) is 18.5 Å². The number of carbonyl (C=O) groups excluding carboxylic acids is 1. The molecular weight excluding hydrogens is 176 g/mol. The second-order valence-electron chi connectivity index (χ2n) is 4.37. The van der Waals surface area contributed by atoms with E-state index < -0.39 is 0 Å². The summed E-state index contributed by atoms with van der Waals surface area (Å²) in [5.74, 6) is -0.0354. The van der Waals surface area contributed by atoms with Crippen LogP contribution < -0.4 is 5.32 Å². The average molecular weight is 199 g/mol. The second-order valence-corrected chi connectivity index (χ2v) is 4.37. The summed E-state index contributed by atoms with van der Waals surface area (Å²) in [6.45, 7) is 10.4. The molecule has 0 aliphatic rings. The van der Waals surface area contributed by atoms with Crippen LogP contribution in [0.15, 0.2) is 12.2 Å². The van der Waals surface area contributed by atoms with E-state index in [0.29, 0.717) is 5.57 Å². The monoisotopic (exact) mass is 199 g/mol. The maximum atomic E-state index is 11.1. The van der Waals surface area contributed by atoms with Crippen molar-refractivity contribution in [3.05, 3.63) is 12.2 Å². The van der Waals surface area contributed by atoms with Gasteiger partial charge in [-0.05, 0) is 13.8 Å². The maximum Gasteiger partial charge on any atom is 0.246 e. The Labute approximate surface area is 87.4 Å². The molecule has 0 fully saturated rings. The lowest BCUT2D eigenvalue weighted by atomic mass is 10.3. The van der Waals surface area contributed by atoms with Gasteiger partial charge in [0.2, 0.25) is 5.91 Å². The standard InChI is InChI=1S/C11H22N2O/c1-6-13(4,5)9-7-8-12-11(14)10(2)3/h2,6-9H2,1,3-5H3/p+1. The third-order valence-electron chi connectivity index (χ3n) is 2.47. The molecule has 0 bridgehead atoms. The van der Waals surface area contributed by atoms with Gasteiger partial charge < -0.3 is 9.80 Å². The van der Waals surface area contributed by atoms with E-state index in [2.05, 4.69) is 32.9 Å². The molecular formula is C11H23N2O+. The maximum absolute atomic E-state index is 11.1. The summed E-state index contributed by atoms with van der Waals surface area (Å²) in [6, 6.07) is 0. The summed E-state index contributed by atoms with van der Waals surface area (Å²) >= 11 is 0. The van der Waals surface area contributed by atoms with Gasteiger partial charge in [-0.1, -0.05) is 6.58 Å². The third kappa shape index (κ3) is 5.75. The minimum atomic E-state index is -0.0354. The fourth-order valence-corrected chi connectivity index (χ4v) is 1.02. The topological polar surface area (TPSA) is 29.1 Å². The molecule has 0 rings (SSSR count). The van der Waals surface area contributed by atoms with Gasteiger partial charge in [0.25, 0.3) is 0 Å². The number of nitrogens with one attached hydrogen (secondary N) is 1. The molecule has 1 amide bonds. The molecule has 0 aromatic heterocycles. The van der Waals surface area contributed by atoms with Crippen molar-refractivity contribution in [2.75, 3.05) is 33.7 Å². The van der Waals surface area contributed by atoms with Gasteiger partial charge >= 0.3 is 0 Å². The fraction of sp³-hybridized carbons (Fsp3) is 0.727.